The summed E-state index contributed by atoms with van der Waals surface area (Å²) in [5.74, 6) is 0.888. The highest BCUT2D eigenvalue weighted by molar-refractivity contribution is 7.98. The van der Waals surface area contributed by atoms with E-state index in [4.69, 9.17) is 4.74 Å². The highest BCUT2D eigenvalue weighted by atomic mass is 32.2. The first kappa shape index (κ1) is 13.8. The van der Waals surface area contributed by atoms with E-state index in [-0.39, 0.29) is 12.0 Å². The van der Waals surface area contributed by atoms with E-state index in [0.29, 0.717) is 6.04 Å². The molecule has 1 N–H and O–H groups in total. The van der Waals surface area contributed by atoms with E-state index in [1.54, 1.807) is 11.8 Å². The van der Waals surface area contributed by atoms with Crippen LogP contribution < -0.4 is 5.32 Å². The van der Waals surface area contributed by atoms with Gasteiger partial charge in [-0.2, -0.15) is 11.8 Å². The fourth-order valence-electron chi connectivity index (χ4n) is 2.20. The van der Waals surface area contributed by atoms with Gasteiger partial charge in [0.1, 0.15) is 6.04 Å². The number of nitrogens with one attached hydrogen (secondary N) is 1. The predicted octanol–water partition coefficient (Wildman–Crippen LogP) is 2.20. The summed E-state index contributed by atoms with van der Waals surface area (Å²) in [6.07, 6.45) is 9.24. The Morgan fingerprint density at radius 2 is 2.12 bits per heavy atom. The lowest BCUT2D eigenvalue weighted by molar-refractivity contribution is -0.143. The number of methoxy groups -OCH3 is 1. The summed E-state index contributed by atoms with van der Waals surface area (Å²) in [6.45, 7) is 0. The van der Waals surface area contributed by atoms with Gasteiger partial charge in [-0.15, -0.1) is 0 Å². The maximum Gasteiger partial charge on any atom is 0.322 e. The van der Waals surface area contributed by atoms with Gasteiger partial charge in [0, 0.05) is 6.04 Å². The number of carbonyl (C=O) groups excluding carboxylic acids is 1. The molecule has 4 heteroatoms. The van der Waals surface area contributed by atoms with Gasteiger partial charge in [0.25, 0.3) is 0 Å². The van der Waals surface area contributed by atoms with Crippen molar-refractivity contribution in [3.8, 4) is 0 Å². The molecule has 1 saturated carbocycles. The number of ether oxygens (including phenoxy) is 1. The molecular formula is C12H23NO2S. The summed E-state index contributed by atoms with van der Waals surface area (Å²) in [6, 6.07) is 0.403. The van der Waals surface area contributed by atoms with Crippen molar-refractivity contribution < 1.29 is 9.53 Å². The molecule has 3 nitrogen and oxygen atoms in total. The Morgan fingerprint density at radius 1 is 1.44 bits per heavy atom. The Morgan fingerprint density at radius 3 is 2.69 bits per heavy atom. The molecule has 0 spiro atoms. The molecule has 0 aromatic heterocycles. The number of esters is 1. The molecule has 0 radical (unpaired) electrons. The van der Waals surface area contributed by atoms with Gasteiger partial charge >= 0.3 is 5.97 Å². The number of hydrogen-bond donors (Lipinski definition) is 1. The van der Waals surface area contributed by atoms with Gasteiger partial charge in [0.05, 0.1) is 7.11 Å². The molecular weight excluding hydrogens is 222 g/mol. The van der Waals surface area contributed by atoms with Gasteiger partial charge in [0.15, 0.2) is 0 Å². The molecule has 1 unspecified atom stereocenters. The highest BCUT2D eigenvalue weighted by Gasteiger charge is 2.23. The van der Waals surface area contributed by atoms with Crippen LogP contribution in [0.3, 0.4) is 0 Å². The van der Waals surface area contributed by atoms with Gasteiger partial charge in [-0.05, 0) is 31.3 Å². The number of thioether (sulfide) groups is 1. The minimum Gasteiger partial charge on any atom is -0.468 e. The van der Waals surface area contributed by atoms with Crippen LogP contribution in [0.4, 0.5) is 0 Å². The van der Waals surface area contributed by atoms with Crippen LogP contribution in [0.15, 0.2) is 0 Å². The van der Waals surface area contributed by atoms with Gasteiger partial charge in [-0.1, -0.05) is 19.3 Å². The van der Waals surface area contributed by atoms with Crippen LogP contribution in [0.25, 0.3) is 0 Å². The minimum absolute atomic E-state index is 0.111. The smallest absolute Gasteiger partial charge is 0.322 e. The van der Waals surface area contributed by atoms with E-state index in [1.807, 2.05) is 0 Å². The molecule has 16 heavy (non-hydrogen) atoms. The van der Waals surface area contributed by atoms with Crippen molar-refractivity contribution >= 4 is 17.7 Å². The van der Waals surface area contributed by atoms with Crippen molar-refractivity contribution in [3.05, 3.63) is 0 Å². The highest BCUT2D eigenvalue weighted by Crippen LogP contribution is 2.18. The Bertz CT molecular complexity index is 205. The van der Waals surface area contributed by atoms with Gasteiger partial charge in [0.2, 0.25) is 0 Å². The zero-order valence-electron chi connectivity index (χ0n) is 10.3. The molecule has 0 aromatic carbocycles. The summed E-state index contributed by atoms with van der Waals surface area (Å²) in [5, 5.41) is 3.45. The fraction of sp³-hybridized carbons (Fsp3) is 0.917. The second-order valence-electron chi connectivity index (χ2n) is 4.36. The Labute approximate surface area is 103 Å². The van der Waals surface area contributed by atoms with Crippen LogP contribution in [0.1, 0.15) is 38.5 Å². The molecule has 1 fully saturated rings. The van der Waals surface area contributed by atoms with Crippen LogP contribution in [0.5, 0.6) is 0 Å². The molecule has 0 bridgehead atoms. The normalized spacial score (nSPS) is 19.4. The molecule has 0 heterocycles. The Hall–Kier alpha value is -0.220. The molecule has 1 aliphatic rings. The third-order valence-corrected chi connectivity index (χ3v) is 3.78. The van der Waals surface area contributed by atoms with Gasteiger partial charge < -0.3 is 10.1 Å². The average molecular weight is 245 g/mol. The lowest BCUT2D eigenvalue weighted by Crippen LogP contribution is -2.45. The monoisotopic (exact) mass is 245 g/mol. The summed E-state index contributed by atoms with van der Waals surface area (Å²) in [5.41, 5.74) is 0. The van der Waals surface area contributed by atoms with E-state index >= 15 is 0 Å². The first-order valence-electron chi connectivity index (χ1n) is 6.10. The molecule has 94 valence electrons. The standard InChI is InChI=1S/C12H23NO2S/c1-15-12(14)11(8-9-16-2)13-10-6-4-3-5-7-10/h10-11,13H,3-9H2,1-2H3. The molecule has 1 atom stereocenters. The quantitative estimate of drug-likeness (QED) is 0.728. The van der Waals surface area contributed by atoms with E-state index in [0.717, 1.165) is 12.2 Å². The van der Waals surface area contributed by atoms with Crippen molar-refractivity contribution in [1.82, 2.24) is 5.32 Å². The largest absolute Gasteiger partial charge is 0.468 e. The van der Waals surface area contributed by atoms with E-state index in [2.05, 4.69) is 11.6 Å². The molecule has 0 aromatic rings. The molecule has 1 aliphatic carbocycles. The van der Waals surface area contributed by atoms with Crippen molar-refractivity contribution in [2.24, 2.45) is 0 Å². The first-order chi connectivity index (χ1) is 7.77. The minimum atomic E-state index is -0.111. The average Bonchev–Trinajstić information content (AvgIpc) is 2.34. The first-order valence-corrected chi connectivity index (χ1v) is 7.50. The van der Waals surface area contributed by atoms with E-state index in [1.165, 1.54) is 39.2 Å². The second kappa shape index (κ2) is 7.96. The van der Waals surface area contributed by atoms with Gasteiger partial charge in [-0.3, -0.25) is 4.79 Å². The summed E-state index contributed by atoms with van der Waals surface area (Å²) >= 11 is 1.77. The summed E-state index contributed by atoms with van der Waals surface area (Å²) in [4.78, 5) is 11.6. The van der Waals surface area contributed by atoms with Crippen molar-refractivity contribution in [2.75, 3.05) is 19.1 Å². The van der Waals surface area contributed by atoms with Crippen molar-refractivity contribution in [2.45, 2.75) is 50.6 Å². The Balaban J connectivity index is 2.38. The summed E-state index contributed by atoms with van der Waals surface area (Å²) in [7, 11) is 1.47. The number of rotatable bonds is 6. The van der Waals surface area contributed by atoms with Crippen LogP contribution >= 0.6 is 11.8 Å². The molecule has 0 saturated heterocycles. The zero-order chi connectivity index (χ0) is 11.8. The van der Waals surface area contributed by atoms with Crippen LogP contribution in [0.2, 0.25) is 0 Å². The zero-order valence-corrected chi connectivity index (χ0v) is 11.1. The predicted molar refractivity (Wildman–Crippen MR) is 68.8 cm³/mol. The topological polar surface area (TPSA) is 38.3 Å². The second-order valence-corrected chi connectivity index (χ2v) is 5.34. The fourth-order valence-corrected chi connectivity index (χ4v) is 2.67. The number of hydrogen-bond acceptors (Lipinski definition) is 4. The van der Waals surface area contributed by atoms with E-state index in [9.17, 15) is 4.79 Å². The lowest BCUT2D eigenvalue weighted by Gasteiger charge is -2.27. The van der Waals surface area contributed by atoms with Crippen LogP contribution in [0, 0.1) is 0 Å². The maximum atomic E-state index is 11.6. The SMILES string of the molecule is COC(=O)C(CCSC)NC1CCCCC1. The Kier molecular flexibility index (Phi) is 6.88. The maximum absolute atomic E-state index is 11.6. The van der Waals surface area contributed by atoms with E-state index < -0.39 is 0 Å². The summed E-state index contributed by atoms with van der Waals surface area (Å²) < 4.78 is 4.84. The third-order valence-electron chi connectivity index (χ3n) is 3.14. The van der Waals surface area contributed by atoms with Crippen LogP contribution in [-0.2, 0) is 9.53 Å². The van der Waals surface area contributed by atoms with Crippen LogP contribution in [-0.4, -0.2) is 37.2 Å². The van der Waals surface area contributed by atoms with Crippen molar-refractivity contribution in [3.63, 3.8) is 0 Å². The van der Waals surface area contributed by atoms with Crippen molar-refractivity contribution in [1.29, 1.82) is 0 Å². The van der Waals surface area contributed by atoms with Gasteiger partial charge in [-0.25, -0.2) is 0 Å². The number of carbonyl (C=O) groups is 1. The molecule has 0 aliphatic heterocycles. The molecule has 0 amide bonds. The third kappa shape index (κ3) is 4.74. The molecule has 1 rings (SSSR count). The lowest BCUT2D eigenvalue weighted by atomic mass is 9.94.